The number of halogens is 1. The van der Waals surface area contributed by atoms with Gasteiger partial charge in [-0.3, -0.25) is 10.1 Å². The molecule has 17 heavy (non-hydrogen) atoms. The molecule has 0 aliphatic heterocycles. The molecule has 0 fully saturated rings. The highest BCUT2D eigenvalue weighted by atomic mass is 19.1. The number of nitrogens with zero attached hydrogens (tertiary/aromatic N) is 1. The average molecular weight is 241 g/mol. The van der Waals surface area contributed by atoms with Crippen LogP contribution in [0.1, 0.15) is 32.8 Å². The molecule has 0 bridgehead atoms. The summed E-state index contributed by atoms with van der Waals surface area (Å²) < 4.78 is 18.9. The number of benzene rings is 1. The van der Waals surface area contributed by atoms with E-state index in [2.05, 4.69) is 0 Å². The van der Waals surface area contributed by atoms with Gasteiger partial charge in [0.15, 0.2) is 0 Å². The molecule has 0 saturated carbocycles. The highest BCUT2D eigenvalue weighted by Gasteiger charge is 2.17. The van der Waals surface area contributed by atoms with Crippen molar-refractivity contribution in [2.24, 2.45) is 0 Å². The first kappa shape index (κ1) is 13.6. The van der Waals surface area contributed by atoms with E-state index >= 15 is 0 Å². The standard InChI is InChI=1S/C12H16FNO3/c1-4-12(2,3)17-8-9-5-6-11(14(15)16)10(13)7-9/h5-7H,4,8H2,1-3H3. The number of ether oxygens (including phenoxy) is 1. The topological polar surface area (TPSA) is 52.4 Å². The minimum absolute atomic E-state index is 0.246. The van der Waals surface area contributed by atoms with Crippen molar-refractivity contribution in [3.8, 4) is 0 Å². The molecule has 1 rings (SSSR count). The third-order valence-electron chi connectivity index (χ3n) is 2.69. The van der Waals surface area contributed by atoms with Gasteiger partial charge in [0.25, 0.3) is 0 Å². The molecule has 0 atom stereocenters. The molecule has 0 amide bonds. The van der Waals surface area contributed by atoms with Crippen LogP contribution >= 0.6 is 0 Å². The summed E-state index contributed by atoms with van der Waals surface area (Å²) >= 11 is 0. The van der Waals surface area contributed by atoms with Crippen LogP contribution < -0.4 is 0 Å². The van der Waals surface area contributed by atoms with Crippen LogP contribution in [0.2, 0.25) is 0 Å². The number of nitro groups is 1. The van der Waals surface area contributed by atoms with Crippen LogP contribution in [0.5, 0.6) is 0 Å². The first-order chi connectivity index (χ1) is 7.85. The van der Waals surface area contributed by atoms with Crippen LogP contribution in [-0.2, 0) is 11.3 Å². The number of nitro benzene ring substituents is 1. The van der Waals surface area contributed by atoms with E-state index in [0.717, 1.165) is 18.6 Å². The van der Waals surface area contributed by atoms with E-state index in [0.29, 0.717) is 5.56 Å². The summed E-state index contributed by atoms with van der Waals surface area (Å²) in [4.78, 5) is 9.69. The Bertz CT molecular complexity index is 418. The Balaban J connectivity index is 2.75. The van der Waals surface area contributed by atoms with E-state index in [1.165, 1.54) is 6.07 Å². The summed E-state index contributed by atoms with van der Waals surface area (Å²) in [6.07, 6.45) is 0.836. The van der Waals surface area contributed by atoms with Gasteiger partial charge >= 0.3 is 5.69 Å². The van der Waals surface area contributed by atoms with Gasteiger partial charge in [-0.2, -0.15) is 4.39 Å². The Labute approximate surface area is 99.6 Å². The van der Waals surface area contributed by atoms with E-state index in [4.69, 9.17) is 4.74 Å². The second-order valence-electron chi connectivity index (χ2n) is 4.44. The van der Waals surface area contributed by atoms with Gasteiger partial charge in [-0.1, -0.05) is 6.92 Å². The fourth-order valence-corrected chi connectivity index (χ4v) is 1.17. The fraction of sp³-hybridized carbons (Fsp3) is 0.500. The van der Waals surface area contributed by atoms with Crippen molar-refractivity contribution < 1.29 is 14.1 Å². The number of hydrogen-bond donors (Lipinski definition) is 0. The van der Waals surface area contributed by atoms with Crippen LogP contribution in [0.25, 0.3) is 0 Å². The minimum Gasteiger partial charge on any atom is -0.371 e. The quantitative estimate of drug-likeness (QED) is 0.586. The van der Waals surface area contributed by atoms with Gasteiger partial charge in [0.05, 0.1) is 17.1 Å². The number of rotatable bonds is 5. The van der Waals surface area contributed by atoms with Gasteiger partial charge in [0.2, 0.25) is 5.82 Å². The van der Waals surface area contributed by atoms with Gasteiger partial charge in [0.1, 0.15) is 0 Å². The highest BCUT2D eigenvalue weighted by molar-refractivity contribution is 5.34. The molecule has 0 aromatic heterocycles. The predicted molar refractivity (Wildman–Crippen MR) is 62.2 cm³/mol. The molecule has 0 heterocycles. The van der Waals surface area contributed by atoms with Gasteiger partial charge in [-0.05, 0) is 38.0 Å². The SMILES string of the molecule is CCC(C)(C)OCc1ccc([N+](=O)[O-])c(F)c1. The largest absolute Gasteiger partial charge is 0.371 e. The minimum atomic E-state index is -0.828. The first-order valence-corrected chi connectivity index (χ1v) is 5.42. The molecule has 0 unspecified atom stereocenters. The van der Waals surface area contributed by atoms with Gasteiger partial charge in [0, 0.05) is 6.07 Å². The van der Waals surface area contributed by atoms with Crippen molar-refractivity contribution in [3.63, 3.8) is 0 Å². The molecule has 5 heteroatoms. The van der Waals surface area contributed by atoms with Crippen LogP contribution in [0.3, 0.4) is 0 Å². The van der Waals surface area contributed by atoms with Gasteiger partial charge < -0.3 is 4.74 Å². The molecule has 0 spiro atoms. The lowest BCUT2D eigenvalue weighted by atomic mass is 10.1. The Morgan fingerprint density at radius 1 is 1.47 bits per heavy atom. The van der Waals surface area contributed by atoms with Crippen LogP contribution in [0.15, 0.2) is 18.2 Å². The van der Waals surface area contributed by atoms with Crippen LogP contribution in [0.4, 0.5) is 10.1 Å². The van der Waals surface area contributed by atoms with E-state index < -0.39 is 16.4 Å². The molecule has 1 aromatic rings. The third kappa shape index (κ3) is 3.78. The summed E-state index contributed by atoms with van der Waals surface area (Å²) in [6, 6.07) is 3.81. The second-order valence-corrected chi connectivity index (χ2v) is 4.44. The summed E-state index contributed by atoms with van der Waals surface area (Å²) in [5.74, 6) is -0.828. The maximum Gasteiger partial charge on any atom is 0.304 e. The molecule has 94 valence electrons. The van der Waals surface area contributed by atoms with Crippen molar-refractivity contribution in [1.29, 1.82) is 0 Å². The monoisotopic (exact) mass is 241 g/mol. The fourth-order valence-electron chi connectivity index (χ4n) is 1.17. The second kappa shape index (κ2) is 5.23. The van der Waals surface area contributed by atoms with E-state index in [9.17, 15) is 14.5 Å². The zero-order valence-corrected chi connectivity index (χ0v) is 10.2. The zero-order chi connectivity index (χ0) is 13.1. The molecule has 0 saturated heterocycles. The van der Waals surface area contributed by atoms with E-state index in [1.54, 1.807) is 0 Å². The Kier molecular flexibility index (Phi) is 4.17. The lowest BCUT2D eigenvalue weighted by Gasteiger charge is -2.23. The average Bonchev–Trinajstić information content (AvgIpc) is 2.26. The molecular weight excluding hydrogens is 225 g/mol. The Morgan fingerprint density at radius 3 is 2.59 bits per heavy atom. The first-order valence-electron chi connectivity index (χ1n) is 5.42. The van der Waals surface area contributed by atoms with Crippen molar-refractivity contribution >= 4 is 5.69 Å². The van der Waals surface area contributed by atoms with E-state index in [-0.39, 0.29) is 12.2 Å². The van der Waals surface area contributed by atoms with Crippen molar-refractivity contribution in [2.75, 3.05) is 0 Å². The predicted octanol–water partition coefficient (Wildman–Crippen LogP) is 3.44. The summed E-state index contributed by atoms with van der Waals surface area (Å²) in [6.45, 7) is 6.12. The summed E-state index contributed by atoms with van der Waals surface area (Å²) in [5.41, 5.74) is -0.198. The van der Waals surface area contributed by atoms with Crippen molar-refractivity contribution in [3.05, 3.63) is 39.7 Å². The zero-order valence-electron chi connectivity index (χ0n) is 10.2. The van der Waals surface area contributed by atoms with Crippen molar-refractivity contribution in [2.45, 2.75) is 39.4 Å². The van der Waals surface area contributed by atoms with Gasteiger partial charge in [-0.15, -0.1) is 0 Å². The molecule has 0 N–H and O–H groups in total. The molecule has 4 nitrogen and oxygen atoms in total. The Hall–Kier alpha value is -1.49. The molecule has 0 aliphatic rings. The lowest BCUT2D eigenvalue weighted by Crippen LogP contribution is -2.22. The molecule has 0 radical (unpaired) electrons. The molecular formula is C12H16FNO3. The summed E-state index contributed by atoms with van der Waals surface area (Å²) in [5, 5.41) is 10.4. The summed E-state index contributed by atoms with van der Waals surface area (Å²) in [7, 11) is 0. The van der Waals surface area contributed by atoms with E-state index in [1.807, 2.05) is 20.8 Å². The third-order valence-corrected chi connectivity index (χ3v) is 2.69. The van der Waals surface area contributed by atoms with Crippen LogP contribution in [-0.4, -0.2) is 10.5 Å². The smallest absolute Gasteiger partial charge is 0.304 e. The van der Waals surface area contributed by atoms with Crippen LogP contribution in [0, 0.1) is 15.9 Å². The molecule has 1 aromatic carbocycles. The maximum absolute atomic E-state index is 13.3. The molecule has 0 aliphatic carbocycles. The normalized spacial score (nSPS) is 11.5. The lowest BCUT2D eigenvalue weighted by molar-refractivity contribution is -0.387. The maximum atomic E-state index is 13.3. The Morgan fingerprint density at radius 2 is 2.12 bits per heavy atom. The highest BCUT2D eigenvalue weighted by Crippen LogP contribution is 2.21. The number of hydrogen-bond acceptors (Lipinski definition) is 3. The van der Waals surface area contributed by atoms with Crippen molar-refractivity contribution in [1.82, 2.24) is 0 Å². The van der Waals surface area contributed by atoms with Gasteiger partial charge in [-0.25, -0.2) is 0 Å².